The summed E-state index contributed by atoms with van der Waals surface area (Å²) in [7, 11) is 0. The predicted octanol–water partition coefficient (Wildman–Crippen LogP) is 1.23. The van der Waals surface area contributed by atoms with Crippen molar-refractivity contribution in [2.24, 2.45) is 0 Å². The molecule has 0 bridgehead atoms. The van der Waals surface area contributed by atoms with Crippen molar-refractivity contribution >= 4 is 18.3 Å². The number of hydrogen-bond donors (Lipinski definition) is 3. The van der Waals surface area contributed by atoms with Crippen LogP contribution in [0.4, 0.5) is 0 Å². The molecule has 1 aromatic heterocycles. The first-order valence-corrected chi connectivity index (χ1v) is 5.42. The van der Waals surface area contributed by atoms with Gasteiger partial charge in [0.05, 0.1) is 5.56 Å². The molecule has 0 aliphatic carbocycles. The molecule has 1 atom stereocenters. The Labute approximate surface area is 102 Å². The molecule has 1 saturated heterocycles. The summed E-state index contributed by atoms with van der Waals surface area (Å²) in [6, 6.07) is 0.278. The van der Waals surface area contributed by atoms with E-state index in [-0.39, 0.29) is 24.4 Å². The first-order valence-electron chi connectivity index (χ1n) is 5.42. The second kappa shape index (κ2) is 5.92. The van der Waals surface area contributed by atoms with Gasteiger partial charge in [0.1, 0.15) is 0 Å². The number of hydrogen-bond acceptors (Lipinski definition) is 2. The third-order valence-corrected chi connectivity index (χ3v) is 2.83. The Kier molecular flexibility index (Phi) is 4.83. The molecule has 1 fully saturated rings. The highest BCUT2D eigenvalue weighted by molar-refractivity contribution is 5.95. The highest BCUT2D eigenvalue weighted by atomic mass is 35.5. The Morgan fingerprint density at radius 2 is 2.31 bits per heavy atom. The van der Waals surface area contributed by atoms with Gasteiger partial charge in [-0.25, -0.2) is 0 Å². The molecule has 5 heteroatoms. The van der Waals surface area contributed by atoms with E-state index in [0.717, 1.165) is 37.1 Å². The van der Waals surface area contributed by atoms with Crippen LogP contribution in [0.15, 0.2) is 12.4 Å². The van der Waals surface area contributed by atoms with E-state index in [1.807, 2.05) is 13.1 Å². The van der Waals surface area contributed by atoms with E-state index in [4.69, 9.17) is 0 Å². The molecule has 3 N–H and O–H groups in total. The second-order valence-electron chi connectivity index (χ2n) is 4.07. The number of piperidine rings is 1. The molecule has 4 nitrogen and oxygen atoms in total. The van der Waals surface area contributed by atoms with Crippen molar-refractivity contribution in [1.29, 1.82) is 0 Å². The van der Waals surface area contributed by atoms with Crippen LogP contribution in [0.1, 0.15) is 28.8 Å². The van der Waals surface area contributed by atoms with Gasteiger partial charge in [-0.2, -0.15) is 0 Å². The molecule has 1 aromatic rings. The maximum atomic E-state index is 11.8. The Hall–Kier alpha value is -1.00. The second-order valence-corrected chi connectivity index (χ2v) is 4.07. The minimum atomic E-state index is 0. The first kappa shape index (κ1) is 13.1. The molecule has 90 valence electrons. The maximum absolute atomic E-state index is 11.8. The fraction of sp³-hybridized carbons (Fsp3) is 0.545. The van der Waals surface area contributed by atoms with E-state index in [2.05, 4.69) is 15.6 Å². The molecule has 1 amide bonds. The molecule has 0 spiro atoms. The van der Waals surface area contributed by atoms with E-state index in [1.54, 1.807) is 6.20 Å². The van der Waals surface area contributed by atoms with Crippen molar-refractivity contribution in [3.05, 3.63) is 23.5 Å². The summed E-state index contributed by atoms with van der Waals surface area (Å²) in [5.74, 6) is 0.0300. The van der Waals surface area contributed by atoms with Crippen LogP contribution in [-0.4, -0.2) is 30.0 Å². The standard InChI is InChI=1S/C11H17N3O.ClH/c1-8-5-13-7-10(8)11(15)14-9-3-2-4-12-6-9;/h5,7,9,12-13H,2-4,6H2,1H3,(H,14,15);1H/t9-;/m1./s1. The summed E-state index contributed by atoms with van der Waals surface area (Å²) in [6.07, 6.45) is 5.80. The van der Waals surface area contributed by atoms with Crippen LogP contribution in [0.5, 0.6) is 0 Å². The summed E-state index contributed by atoms with van der Waals surface area (Å²) in [4.78, 5) is 14.8. The average molecular weight is 244 g/mol. The number of halogens is 1. The summed E-state index contributed by atoms with van der Waals surface area (Å²) in [6.45, 7) is 3.88. The summed E-state index contributed by atoms with van der Waals surface area (Å²) in [5.41, 5.74) is 1.75. The lowest BCUT2D eigenvalue weighted by molar-refractivity contribution is 0.0930. The number of carbonyl (C=O) groups excluding carboxylic acids is 1. The molecule has 2 rings (SSSR count). The van der Waals surface area contributed by atoms with Crippen LogP contribution in [0, 0.1) is 6.92 Å². The molecule has 0 radical (unpaired) electrons. The Morgan fingerprint density at radius 1 is 1.50 bits per heavy atom. The number of amides is 1. The number of aryl methyl sites for hydroxylation is 1. The van der Waals surface area contributed by atoms with Gasteiger partial charge in [0.25, 0.3) is 5.91 Å². The van der Waals surface area contributed by atoms with E-state index >= 15 is 0 Å². The number of nitrogens with one attached hydrogen (secondary N) is 3. The molecule has 1 aliphatic rings. The van der Waals surface area contributed by atoms with Crippen LogP contribution >= 0.6 is 12.4 Å². The summed E-state index contributed by atoms with van der Waals surface area (Å²) >= 11 is 0. The number of rotatable bonds is 2. The Morgan fingerprint density at radius 3 is 2.88 bits per heavy atom. The zero-order chi connectivity index (χ0) is 10.7. The molecule has 0 saturated carbocycles. The van der Waals surface area contributed by atoms with Crippen LogP contribution in [-0.2, 0) is 0 Å². The van der Waals surface area contributed by atoms with Crippen molar-refractivity contribution < 1.29 is 4.79 Å². The Balaban J connectivity index is 0.00000128. The van der Waals surface area contributed by atoms with Crippen molar-refractivity contribution in [1.82, 2.24) is 15.6 Å². The van der Waals surface area contributed by atoms with E-state index in [9.17, 15) is 4.79 Å². The van der Waals surface area contributed by atoms with Crippen LogP contribution < -0.4 is 10.6 Å². The van der Waals surface area contributed by atoms with E-state index in [1.165, 1.54) is 0 Å². The first-order chi connectivity index (χ1) is 7.27. The van der Waals surface area contributed by atoms with Gasteiger partial charge in [-0.3, -0.25) is 4.79 Å². The largest absolute Gasteiger partial charge is 0.367 e. The zero-order valence-electron chi connectivity index (χ0n) is 9.38. The molecule has 0 unspecified atom stereocenters. The highest BCUT2D eigenvalue weighted by Gasteiger charge is 2.17. The lowest BCUT2D eigenvalue weighted by atomic mass is 10.1. The van der Waals surface area contributed by atoms with Crippen LogP contribution in [0.3, 0.4) is 0 Å². The topological polar surface area (TPSA) is 56.9 Å². The van der Waals surface area contributed by atoms with Gasteiger partial charge in [0.2, 0.25) is 0 Å². The van der Waals surface area contributed by atoms with Crippen LogP contribution in [0.2, 0.25) is 0 Å². The summed E-state index contributed by atoms with van der Waals surface area (Å²) < 4.78 is 0. The third-order valence-electron chi connectivity index (χ3n) is 2.83. The molecule has 2 heterocycles. The smallest absolute Gasteiger partial charge is 0.253 e. The minimum absolute atomic E-state index is 0. The lowest BCUT2D eigenvalue weighted by Gasteiger charge is -2.23. The van der Waals surface area contributed by atoms with Crippen LogP contribution in [0.25, 0.3) is 0 Å². The van der Waals surface area contributed by atoms with E-state index < -0.39 is 0 Å². The predicted molar refractivity (Wildman–Crippen MR) is 66.1 cm³/mol. The van der Waals surface area contributed by atoms with Gasteiger partial charge in [0, 0.05) is 25.0 Å². The van der Waals surface area contributed by atoms with E-state index in [0.29, 0.717) is 0 Å². The van der Waals surface area contributed by atoms with Gasteiger partial charge >= 0.3 is 0 Å². The van der Waals surface area contributed by atoms with Gasteiger partial charge in [-0.05, 0) is 31.9 Å². The van der Waals surface area contributed by atoms with Gasteiger partial charge in [-0.15, -0.1) is 12.4 Å². The normalized spacial score (nSPS) is 19.9. The maximum Gasteiger partial charge on any atom is 0.253 e. The number of H-pyrrole nitrogens is 1. The quantitative estimate of drug-likeness (QED) is 0.732. The number of carbonyl (C=O) groups is 1. The average Bonchev–Trinajstić information content (AvgIpc) is 2.66. The van der Waals surface area contributed by atoms with Gasteiger partial charge in [0.15, 0.2) is 0 Å². The fourth-order valence-corrected chi connectivity index (χ4v) is 1.92. The third kappa shape index (κ3) is 3.00. The molecule has 1 aliphatic heterocycles. The molecular formula is C11H18ClN3O. The van der Waals surface area contributed by atoms with Crippen molar-refractivity contribution in [3.8, 4) is 0 Å². The fourth-order valence-electron chi connectivity index (χ4n) is 1.92. The number of aromatic amines is 1. The van der Waals surface area contributed by atoms with Crippen molar-refractivity contribution in [2.45, 2.75) is 25.8 Å². The zero-order valence-corrected chi connectivity index (χ0v) is 10.2. The minimum Gasteiger partial charge on any atom is -0.367 e. The number of aromatic nitrogens is 1. The molecular weight excluding hydrogens is 226 g/mol. The van der Waals surface area contributed by atoms with Gasteiger partial charge in [-0.1, -0.05) is 0 Å². The van der Waals surface area contributed by atoms with Crippen molar-refractivity contribution in [2.75, 3.05) is 13.1 Å². The molecule has 16 heavy (non-hydrogen) atoms. The van der Waals surface area contributed by atoms with Gasteiger partial charge < -0.3 is 15.6 Å². The monoisotopic (exact) mass is 243 g/mol. The SMILES string of the molecule is Cc1c[nH]cc1C(=O)N[C@@H]1CCCNC1.Cl. The summed E-state index contributed by atoms with van der Waals surface area (Å²) in [5, 5.41) is 6.32. The van der Waals surface area contributed by atoms with Crippen molar-refractivity contribution in [3.63, 3.8) is 0 Å². The lowest BCUT2D eigenvalue weighted by Crippen LogP contribution is -2.45. The highest BCUT2D eigenvalue weighted by Crippen LogP contribution is 2.07. The Bertz CT molecular complexity index is 345. The molecule has 0 aromatic carbocycles.